The third-order valence-electron chi connectivity index (χ3n) is 4.57. The van der Waals surface area contributed by atoms with Crippen LogP contribution in [-0.4, -0.2) is 41.0 Å². The summed E-state index contributed by atoms with van der Waals surface area (Å²) in [7, 11) is 1.77. The number of rotatable bonds is 5. The zero-order chi connectivity index (χ0) is 17.0. The summed E-state index contributed by atoms with van der Waals surface area (Å²) in [5, 5.41) is 13.1. The number of hydrogen-bond acceptors (Lipinski definition) is 3. The van der Waals surface area contributed by atoms with Crippen LogP contribution >= 0.6 is 0 Å². The second kappa shape index (κ2) is 7.13. The van der Waals surface area contributed by atoms with Gasteiger partial charge in [0, 0.05) is 31.8 Å². The summed E-state index contributed by atoms with van der Waals surface area (Å²) >= 11 is 0. The van der Waals surface area contributed by atoms with Gasteiger partial charge in [0.2, 0.25) is 5.91 Å². The molecule has 0 radical (unpaired) electrons. The smallest absolute Gasteiger partial charge is 0.253 e. The molecule has 0 spiro atoms. The molecular weight excluding hydrogens is 292 g/mol. The molecule has 0 atom stereocenters. The molecule has 23 heavy (non-hydrogen) atoms. The van der Waals surface area contributed by atoms with Gasteiger partial charge in [-0.05, 0) is 49.9 Å². The van der Waals surface area contributed by atoms with Crippen LogP contribution in [0.4, 0.5) is 5.69 Å². The van der Waals surface area contributed by atoms with Crippen molar-refractivity contribution in [2.45, 2.75) is 51.6 Å². The van der Waals surface area contributed by atoms with Gasteiger partial charge in [-0.15, -0.1) is 0 Å². The molecule has 1 fully saturated rings. The van der Waals surface area contributed by atoms with E-state index in [-0.39, 0.29) is 11.8 Å². The molecule has 0 aromatic heterocycles. The van der Waals surface area contributed by atoms with Gasteiger partial charge in [-0.3, -0.25) is 9.59 Å². The van der Waals surface area contributed by atoms with Crippen molar-refractivity contribution in [3.8, 4) is 0 Å². The fourth-order valence-electron chi connectivity index (χ4n) is 3.15. The highest BCUT2D eigenvalue weighted by atomic mass is 16.3. The van der Waals surface area contributed by atoms with Gasteiger partial charge in [-0.25, -0.2) is 0 Å². The summed E-state index contributed by atoms with van der Waals surface area (Å²) in [5.41, 5.74) is 1.54. The first-order chi connectivity index (χ1) is 10.8. The van der Waals surface area contributed by atoms with Gasteiger partial charge >= 0.3 is 0 Å². The maximum Gasteiger partial charge on any atom is 0.253 e. The molecule has 1 aliphatic carbocycles. The van der Waals surface area contributed by atoms with Crippen molar-refractivity contribution in [1.29, 1.82) is 0 Å². The molecule has 0 aliphatic heterocycles. The van der Waals surface area contributed by atoms with Crippen molar-refractivity contribution < 1.29 is 14.7 Å². The number of amides is 2. The van der Waals surface area contributed by atoms with E-state index in [1.165, 1.54) is 6.92 Å². The van der Waals surface area contributed by atoms with Crippen molar-refractivity contribution in [2.75, 3.05) is 18.9 Å². The van der Waals surface area contributed by atoms with E-state index in [1.807, 2.05) is 6.92 Å². The molecule has 2 rings (SSSR count). The molecular formula is C18H26N2O3. The number of aryl methyl sites for hydroxylation is 1. The number of carbonyl (C=O) groups excluding carboxylic acids is 2. The lowest BCUT2D eigenvalue weighted by Crippen LogP contribution is -2.34. The van der Waals surface area contributed by atoms with Crippen LogP contribution in [0.5, 0.6) is 0 Å². The van der Waals surface area contributed by atoms with Gasteiger partial charge in [0.25, 0.3) is 5.91 Å². The third-order valence-corrected chi connectivity index (χ3v) is 4.57. The van der Waals surface area contributed by atoms with Crippen molar-refractivity contribution in [2.24, 2.45) is 0 Å². The van der Waals surface area contributed by atoms with E-state index in [0.29, 0.717) is 24.2 Å². The summed E-state index contributed by atoms with van der Waals surface area (Å²) < 4.78 is 0. The highest BCUT2D eigenvalue weighted by Gasteiger charge is 2.31. The normalized spacial score (nSPS) is 16.2. The fraction of sp³-hybridized carbons (Fsp3) is 0.556. The monoisotopic (exact) mass is 318 g/mol. The van der Waals surface area contributed by atoms with Gasteiger partial charge in [-0.2, -0.15) is 0 Å². The lowest BCUT2D eigenvalue weighted by Gasteiger charge is -2.26. The van der Waals surface area contributed by atoms with E-state index in [2.05, 4.69) is 5.32 Å². The van der Waals surface area contributed by atoms with E-state index in [4.69, 9.17) is 0 Å². The van der Waals surface area contributed by atoms with Crippen molar-refractivity contribution in [3.05, 3.63) is 29.3 Å². The zero-order valence-corrected chi connectivity index (χ0v) is 14.2. The molecule has 0 saturated heterocycles. The van der Waals surface area contributed by atoms with Gasteiger partial charge in [0.05, 0.1) is 5.60 Å². The first kappa shape index (κ1) is 17.5. The molecule has 1 saturated carbocycles. The summed E-state index contributed by atoms with van der Waals surface area (Å²) in [6, 6.07) is 5.27. The Bertz CT molecular complexity index is 592. The Hall–Kier alpha value is -1.88. The lowest BCUT2D eigenvalue weighted by molar-refractivity contribution is -0.114. The van der Waals surface area contributed by atoms with E-state index < -0.39 is 5.60 Å². The number of nitrogens with one attached hydrogen (secondary N) is 1. The van der Waals surface area contributed by atoms with Crippen LogP contribution < -0.4 is 5.32 Å². The van der Waals surface area contributed by atoms with Crippen LogP contribution in [0.25, 0.3) is 0 Å². The van der Waals surface area contributed by atoms with Crippen LogP contribution in [0.15, 0.2) is 18.2 Å². The highest BCUT2D eigenvalue weighted by Crippen LogP contribution is 2.32. The first-order valence-electron chi connectivity index (χ1n) is 8.17. The van der Waals surface area contributed by atoms with Gasteiger partial charge < -0.3 is 15.3 Å². The van der Waals surface area contributed by atoms with Crippen LogP contribution in [-0.2, 0) is 4.79 Å². The molecule has 1 aliphatic rings. The van der Waals surface area contributed by atoms with Gasteiger partial charge in [0.1, 0.15) is 0 Å². The molecule has 1 aromatic carbocycles. The molecule has 0 bridgehead atoms. The molecule has 126 valence electrons. The minimum Gasteiger partial charge on any atom is -0.390 e. The zero-order valence-electron chi connectivity index (χ0n) is 14.2. The maximum absolute atomic E-state index is 12.6. The quantitative estimate of drug-likeness (QED) is 0.877. The number of hydrogen-bond donors (Lipinski definition) is 2. The Labute approximate surface area is 137 Å². The molecule has 2 N–H and O–H groups in total. The Kier molecular flexibility index (Phi) is 5.42. The van der Waals surface area contributed by atoms with Crippen molar-refractivity contribution in [3.63, 3.8) is 0 Å². The number of anilines is 1. The Balaban J connectivity index is 2.00. The molecule has 5 heteroatoms. The first-order valence-corrected chi connectivity index (χ1v) is 8.17. The Morgan fingerprint density at radius 3 is 2.52 bits per heavy atom. The Morgan fingerprint density at radius 2 is 1.96 bits per heavy atom. The fourth-order valence-corrected chi connectivity index (χ4v) is 3.15. The topological polar surface area (TPSA) is 69.6 Å². The van der Waals surface area contributed by atoms with Crippen molar-refractivity contribution >= 4 is 17.5 Å². The lowest BCUT2D eigenvalue weighted by atomic mass is 9.97. The number of aliphatic hydroxyl groups is 1. The molecule has 5 nitrogen and oxygen atoms in total. The standard InChI is InChI=1S/C18H26N2O3/c1-13-12-15(19-14(2)21)6-7-16(13)17(22)20(3)11-10-18(23)8-4-5-9-18/h6-7,12,23H,4-5,8-11H2,1-3H3,(H,19,21). The third kappa shape index (κ3) is 4.55. The molecule has 0 unspecified atom stereocenters. The van der Waals surface area contributed by atoms with Crippen molar-refractivity contribution in [1.82, 2.24) is 4.90 Å². The number of carbonyl (C=O) groups is 2. The molecule has 1 aromatic rings. The van der Waals surface area contributed by atoms with Crippen LogP contribution in [0, 0.1) is 6.92 Å². The SMILES string of the molecule is CC(=O)Nc1ccc(C(=O)N(C)CCC2(O)CCCC2)c(C)c1. The predicted octanol–water partition coefficient (Wildman–Crippen LogP) is 2.72. The number of nitrogens with zero attached hydrogens (tertiary/aromatic N) is 1. The van der Waals surface area contributed by atoms with Gasteiger partial charge in [-0.1, -0.05) is 12.8 Å². The van der Waals surface area contributed by atoms with Crippen LogP contribution in [0.2, 0.25) is 0 Å². The van der Waals surface area contributed by atoms with Crippen LogP contribution in [0.3, 0.4) is 0 Å². The average Bonchev–Trinajstić information content (AvgIpc) is 2.91. The summed E-state index contributed by atoms with van der Waals surface area (Å²) in [6.45, 7) is 3.86. The van der Waals surface area contributed by atoms with E-state index in [9.17, 15) is 14.7 Å². The predicted molar refractivity (Wildman–Crippen MR) is 90.5 cm³/mol. The van der Waals surface area contributed by atoms with E-state index >= 15 is 0 Å². The largest absolute Gasteiger partial charge is 0.390 e. The second-order valence-electron chi connectivity index (χ2n) is 6.62. The summed E-state index contributed by atoms with van der Waals surface area (Å²) in [6.07, 6.45) is 4.42. The second-order valence-corrected chi connectivity index (χ2v) is 6.62. The molecule has 2 amide bonds. The summed E-state index contributed by atoms with van der Waals surface area (Å²) in [4.78, 5) is 25.3. The van der Waals surface area contributed by atoms with E-state index in [0.717, 1.165) is 31.2 Å². The Morgan fingerprint density at radius 1 is 1.30 bits per heavy atom. The molecule has 0 heterocycles. The average molecular weight is 318 g/mol. The van der Waals surface area contributed by atoms with Gasteiger partial charge in [0.15, 0.2) is 0 Å². The maximum atomic E-state index is 12.6. The highest BCUT2D eigenvalue weighted by molar-refractivity contribution is 5.96. The van der Waals surface area contributed by atoms with Crippen LogP contribution in [0.1, 0.15) is 54.9 Å². The summed E-state index contributed by atoms with van der Waals surface area (Å²) in [5.74, 6) is -0.191. The minimum absolute atomic E-state index is 0.0570. The van der Waals surface area contributed by atoms with E-state index in [1.54, 1.807) is 30.1 Å². The minimum atomic E-state index is -0.598. The number of benzene rings is 1.